The Hall–Kier alpha value is -0.830. The van der Waals surface area contributed by atoms with Crippen molar-refractivity contribution in [3.8, 4) is 0 Å². The number of nitrogens with two attached hydrogens (primary N) is 1. The van der Waals surface area contributed by atoms with E-state index in [0.29, 0.717) is 17.3 Å². The van der Waals surface area contributed by atoms with Gasteiger partial charge in [0, 0.05) is 11.9 Å². The fraction of sp³-hybridized carbons (Fsp3) is 0.857. The van der Waals surface area contributed by atoms with Gasteiger partial charge in [0.15, 0.2) is 0 Å². The Balaban J connectivity index is 1.68. The Morgan fingerprint density at radius 2 is 1.79 bits per heavy atom. The van der Waals surface area contributed by atoms with E-state index in [4.69, 9.17) is 11.1 Å². The van der Waals surface area contributed by atoms with Gasteiger partial charge in [-0.15, -0.1) is 0 Å². The van der Waals surface area contributed by atoms with Crippen LogP contribution in [0, 0.1) is 39.9 Å². The molecule has 4 rings (SSSR count). The molecule has 0 aromatic carbocycles. The normalized spacial score (nSPS) is 54.0. The molecule has 0 heterocycles. The van der Waals surface area contributed by atoms with Crippen LogP contribution >= 0.6 is 0 Å². The zero-order valence-electron chi connectivity index (χ0n) is 15.6. The summed E-state index contributed by atoms with van der Waals surface area (Å²) in [6, 6.07) is 0. The molecule has 0 aromatic rings. The smallest absolute Gasteiger partial charge is 0.0675 e. The Morgan fingerprint density at radius 1 is 1.08 bits per heavy atom. The maximum absolute atomic E-state index is 11.0. The highest BCUT2D eigenvalue weighted by atomic mass is 16.3. The highest BCUT2D eigenvalue weighted by Crippen LogP contribution is 2.68. The van der Waals surface area contributed by atoms with Gasteiger partial charge in [0.2, 0.25) is 0 Å². The van der Waals surface area contributed by atoms with Crippen molar-refractivity contribution in [1.82, 2.24) is 0 Å². The van der Waals surface area contributed by atoms with Gasteiger partial charge in [-0.3, -0.25) is 0 Å². The number of hydrogen-bond donors (Lipinski definition) is 3. The Morgan fingerprint density at radius 3 is 2.50 bits per heavy atom. The fourth-order valence-electron chi connectivity index (χ4n) is 7.45. The van der Waals surface area contributed by atoms with Crippen molar-refractivity contribution in [1.29, 1.82) is 5.41 Å². The van der Waals surface area contributed by atoms with E-state index in [1.165, 1.54) is 31.9 Å². The number of hydrogen-bond acceptors (Lipinski definition) is 3. The minimum Gasteiger partial charge on any atom is -0.402 e. The van der Waals surface area contributed by atoms with Crippen LogP contribution in [0.15, 0.2) is 11.3 Å². The Bertz CT molecular complexity index is 595. The molecule has 0 aliphatic heterocycles. The highest BCUT2D eigenvalue weighted by molar-refractivity contribution is 5.77. The predicted octanol–water partition coefficient (Wildman–Crippen LogP) is 4.25. The molecule has 3 fully saturated rings. The van der Waals surface area contributed by atoms with Crippen LogP contribution in [0.5, 0.6) is 0 Å². The van der Waals surface area contributed by atoms with Crippen LogP contribution in [0.2, 0.25) is 0 Å². The van der Waals surface area contributed by atoms with Crippen LogP contribution in [0.3, 0.4) is 0 Å². The van der Waals surface area contributed by atoms with Gasteiger partial charge in [0.05, 0.1) is 5.60 Å². The van der Waals surface area contributed by atoms with Crippen molar-refractivity contribution in [3.63, 3.8) is 0 Å². The van der Waals surface area contributed by atoms with E-state index < -0.39 is 5.60 Å². The van der Waals surface area contributed by atoms with Crippen molar-refractivity contribution in [2.45, 2.75) is 77.7 Å². The number of rotatable bonds is 1. The molecule has 4 unspecified atom stereocenters. The lowest BCUT2D eigenvalue weighted by Crippen LogP contribution is -2.55. The Labute approximate surface area is 146 Å². The van der Waals surface area contributed by atoms with E-state index >= 15 is 0 Å². The zero-order chi connectivity index (χ0) is 17.3. The van der Waals surface area contributed by atoms with E-state index in [1.54, 1.807) is 0 Å². The number of nitrogens with one attached hydrogen (secondary N) is 1. The number of allylic oxidation sites excluding steroid dienone is 2. The molecule has 0 radical (unpaired) electrons. The first kappa shape index (κ1) is 16.6. The van der Waals surface area contributed by atoms with E-state index in [1.807, 2.05) is 0 Å². The molecule has 3 saturated carbocycles. The third kappa shape index (κ3) is 1.97. The van der Waals surface area contributed by atoms with Gasteiger partial charge in [-0.05, 0) is 98.4 Å². The Kier molecular flexibility index (Phi) is 3.53. The molecule has 24 heavy (non-hydrogen) atoms. The van der Waals surface area contributed by atoms with E-state index in [-0.39, 0.29) is 5.41 Å². The summed E-state index contributed by atoms with van der Waals surface area (Å²) in [5, 5.41) is 18.8. The van der Waals surface area contributed by atoms with Gasteiger partial charge < -0.3 is 16.2 Å². The monoisotopic (exact) mass is 330 g/mol. The fourth-order valence-corrected chi connectivity index (χ4v) is 7.45. The molecule has 134 valence electrons. The van der Waals surface area contributed by atoms with Crippen LogP contribution in [0.1, 0.15) is 72.1 Å². The van der Waals surface area contributed by atoms with Gasteiger partial charge in [0.25, 0.3) is 0 Å². The van der Waals surface area contributed by atoms with E-state index in [2.05, 4.69) is 20.8 Å². The lowest BCUT2D eigenvalue weighted by Gasteiger charge is -2.61. The molecular weight excluding hydrogens is 296 g/mol. The summed E-state index contributed by atoms with van der Waals surface area (Å²) in [5.41, 5.74) is 8.23. The third-order valence-electron chi connectivity index (χ3n) is 9.25. The summed E-state index contributed by atoms with van der Waals surface area (Å²) in [5.74, 6) is 2.86. The second-order valence-corrected chi connectivity index (χ2v) is 10.0. The van der Waals surface area contributed by atoms with Crippen LogP contribution in [-0.2, 0) is 0 Å². The van der Waals surface area contributed by atoms with Crippen LogP contribution in [0.4, 0.5) is 0 Å². The minimum atomic E-state index is -0.489. The van der Waals surface area contributed by atoms with Crippen LogP contribution in [-0.4, -0.2) is 16.9 Å². The number of aliphatic hydroxyl groups is 1. The van der Waals surface area contributed by atoms with Gasteiger partial charge in [-0.25, -0.2) is 0 Å². The second kappa shape index (κ2) is 5.09. The molecule has 0 bridgehead atoms. The summed E-state index contributed by atoms with van der Waals surface area (Å²) >= 11 is 0. The number of fused-ring (bicyclic) bond motifs is 5. The maximum Gasteiger partial charge on any atom is 0.0675 e. The highest BCUT2D eigenvalue weighted by Gasteiger charge is 2.63. The summed E-state index contributed by atoms with van der Waals surface area (Å²) in [4.78, 5) is 0. The SMILES string of the molecule is C[C@]12CC(C=N)=C(N)CC1CCC1C2CC[C@@]2(C)C1CC[C@]2(C)O. The zero-order valence-corrected chi connectivity index (χ0v) is 15.6. The average Bonchev–Trinajstić information content (AvgIpc) is 2.77. The molecule has 4 aliphatic carbocycles. The molecule has 3 heteroatoms. The molecule has 0 aromatic heterocycles. The average molecular weight is 331 g/mol. The molecule has 0 saturated heterocycles. The largest absolute Gasteiger partial charge is 0.402 e. The lowest BCUT2D eigenvalue weighted by atomic mass is 9.44. The van der Waals surface area contributed by atoms with Crippen molar-refractivity contribution in [3.05, 3.63) is 11.3 Å². The van der Waals surface area contributed by atoms with Crippen LogP contribution < -0.4 is 5.73 Å². The van der Waals surface area contributed by atoms with Crippen molar-refractivity contribution >= 4 is 6.21 Å². The van der Waals surface area contributed by atoms with Gasteiger partial charge in [0.1, 0.15) is 0 Å². The van der Waals surface area contributed by atoms with E-state index in [9.17, 15) is 5.11 Å². The third-order valence-corrected chi connectivity index (χ3v) is 9.25. The summed E-state index contributed by atoms with van der Waals surface area (Å²) < 4.78 is 0. The molecular formula is C21H34N2O. The van der Waals surface area contributed by atoms with Crippen LogP contribution in [0.25, 0.3) is 0 Å². The molecule has 0 amide bonds. The first-order chi connectivity index (χ1) is 11.2. The maximum atomic E-state index is 11.0. The standard InChI is InChI=1S/C21H34N2O/c1-19-11-13(12-22)18(23)10-14(19)4-5-15-16(19)6-8-20(2)17(15)7-9-21(20,3)24/h12,14-17,22,24H,4-11,23H2,1-3H3/t14?,15?,16?,17?,19-,20-,21-/m0/s1. The van der Waals surface area contributed by atoms with Gasteiger partial charge >= 0.3 is 0 Å². The van der Waals surface area contributed by atoms with Crippen molar-refractivity contribution in [2.24, 2.45) is 40.2 Å². The van der Waals surface area contributed by atoms with E-state index in [0.717, 1.165) is 48.8 Å². The minimum absolute atomic E-state index is 0.102. The molecule has 4 aliphatic rings. The van der Waals surface area contributed by atoms with Gasteiger partial charge in [-0.1, -0.05) is 13.8 Å². The molecule has 3 nitrogen and oxygen atoms in total. The lowest BCUT2D eigenvalue weighted by molar-refractivity contribution is -0.139. The topological polar surface area (TPSA) is 70.1 Å². The van der Waals surface area contributed by atoms with Crippen molar-refractivity contribution in [2.75, 3.05) is 0 Å². The second-order valence-electron chi connectivity index (χ2n) is 10.0. The molecule has 7 atom stereocenters. The van der Waals surface area contributed by atoms with Gasteiger partial charge in [-0.2, -0.15) is 0 Å². The molecule has 0 spiro atoms. The van der Waals surface area contributed by atoms with Crippen molar-refractivity contribution < 1.29 is 5.11 Å². The molecule has 4 N–H and O–H groups in total. The summed E-state index contributed by atoms with van der Waals surface area (Å²) in [6.45, 7) is 6.93. The first-order valence-electron chi connectivity index (χ1n) is 9.93. The predicted molar refractivity (Wildman–Crippen MR) is 97.7 cm³/mol. The summed E-state index contributed by atoms with van der Waals surface area (Å²) in [7, 11) is 0. The quantitative estimate of drug-likeness (QED) is 0.629. The first-order valence-corrected chi connectivity index (χ1v) is 9.93. The summed E-state index contributed by atoms with van der Waals surface area (Å²) in [6.07, 6.45) is 10.6.